The molecule has 0 atom stereocenters. The Hall–Kier alpha value is -0.560. The van der Waals surface area contributed by atoms with Crippen LogP contribution in [0.1, 0.15) is 47.1 Å². The number of aryl methyl sites for hydroxylation is 2. The Morgan fingerprint density at radius 3 is 2.64 bits per heavy atom. The second-order valence-electron chi connectivity index (χ2n) is 4.28. The molecule has 14 heavy (non-hydrogen) atoms. The zero-order valence-corrected chi connectivity index (χ0v) is 9.97. The molecule has 0 aliphatic heterocycles. The molecule has 0 nitrogen and oxygen atoms in total. The minimum absolute atomic E-state index is 1.25. The van der Waals surface area contributed by atoms with Crippen molar-refractivity contribution in [2.24, 2.45) is 0 Å². The summed E-state index contributed by atoms with van der Waals surface area (Å²) < 4.78 is 0. The molecule has 1 aromatic rings. The van der Waals surface area contributed by atoms with Crippen LogP contribution < -0.4 is 0 Å². The second kappa shape index (κ2) is 3.90. The summed E-state index contributed by atoms with van der Waals surface area (Å²) in [5.41, 5.74) is 4.35. The van der Waals surface area contributed by atoms with Gasteiger partial charge in [-0.3, -0.25) is 0 Å². The predicted molar refractivity (Wildman–Crippen MR) is 65.0 cm³/mol. The lowest BCUT2D eigenvalue weighted by Crippen LogP contribution is -1.89. The van der Waals surface area contributed by atoms with Gasteiger partial charge in [-0.05, 0) is 56.2 Å². The van der Waals surface area contributed by atoms with Crippen LogP contribution in [-0.4, -0.2) is 0 Å². The van der Waals surface area contributed by atoms with Gasteiger partial charge < -0.3 is 0 Å². The summed E-state index contributed by atoms with van der Waals surface area (Å²) in [7, 11) is 0. The molecule has 1 aromatic heterocycles. The van der Waals surface area contributed by atoms with Crippen molar-refractivity contribution in [1.29, 1.82) is 0 Å². The number of hydrogen-bond acceptors (Lipinski definition) is 1. The third-order valence-corrected chi connectivity index (χ3v) is 4.23. The highest BCUT2D eigenvalue weighted by atomic mass is 32.1. The molecule has 1 aliphatic carbocycles. The van der Waals surface area contributed by atoms with Crippen LogP contribution in [0.25, 0.3) is 5.57 Å². The largest absolute Gasteiger partial charge is 0.145 e. The Morgan fingerprint density at radius 2 is 1.93 bits per heavy atom. The summed E-state index contributed by atoms with van der Waals surface area (Å²) in [6, 6.07) is 0. The van der Waals surface area contributed by atoms with E-state index in [9.17, 15) is 0 Å². The fourth-order valence-corrected chi connectivity index (χ4v) is 3.78. The van der Waals surface area contributed by atoms with Gasteiger partial charge in [0.2, 0.25) is 0 Å². The molecule has 1 aliphatic rings. The van der Waals surface area contributed by atoms with Crippen LogP contribution in [0.2, 0.25) is 0 Å². The standard InChI is InChI=1S/C13H18S/c1-9(2)13-10(3)14-12-8-6-4-5-7-11(12)13/h1,4-8H2,2-3H3. The molecule has 0 unspecified atom stereocenters. The highest BCUT2D eigenvalue weighted by molar-refractivity contribution is 7.12. The molecular weight excluding hydrogens is 188 g/mol. The van der Waals surface area contributed by atoms with Crippen molar-refractivity contribution >= 4 is 16.9 Å². The Morgan fingerprint density at radius 1 is 1.21 bits per heavy atom. The maximum atomic E-state index is 4.10. The Bertz CT molecular complexity index is 358. The average molecular weight is 206 g/mol. The minimum Gasteiger partial charge on any atom is -0.145 e. The first-order chi connectivity index (χ1) is 6.70. The van der Waals surface area contributed by atoms with E-state index in [-0.39, 0.29) is 0 Å². The molecule has 0 bridgehead atoms. The first-order valence-corrected chi connectivity index (χ1v) is 6.29. The van der Waals surface area contributed by atoms with Crippen LogP contribution in [0.4, 0.5) is 0 Å². The number of hydrogen-bond donors (Lipinski definition) is 0. The maximum absolute atomic E-state index is 4.10. The molecule has 0 fully saturated rings. The van der Waals surface area contributed by atoms with E-state index in [1.165, 1.54) is 48.1 Å². The molecule has 1 heterocycles. The van der Waals surface area contributed by atoms with Gasteiger partial charge in [-0.15, -0.1) is 11.3 Å². The van der Waals surface area contributed by atoms with Crippen molar-refractivity contribution in [3.05, 3.63) is 27.5 Å². The molecule has 76 valence electrons. The van der Waals surface area contributed by atoms with Gasteiger partial charge >= 0.3 is 0 Å². The van der Waals surface area contributed by atoms with E-state index in [1.807, 2.05) is 11.3 Å². The highest BCUT2D eigenvalue weighted by Gasteiger charge is 2.17. The number of fused-ring (bicyclic) bond motifs is 1. The Balaban J connectivity index is 2.49. The first kappa shape index (κ1) is 9.97. The van der Waals surface area contributed by atoms with Gasteiger partial charge in [0.05, 0.1) is 0 Å². The van der Waals surface area contributed by atoms with Crippen molar-refractivity contribution in [3.63, 3.8) is 0 Å². The fraction of sp³-hybridized carbons (Fsp3) is 0.538. The fourth-order valence-electron chi connectivity index (χ4n) is 2.44. The molecule has 0 spiro atoms. The van der Waals surface area contributed by atoms with Gasteiger partial charge in [-0.2, -0.15) is 0 Å². The third-order valence-electron chi connectivity index (χ3n) is 3.02. The lowest BCUT2D eigenvalue weighted by Gasteiger charge is -2.04. The zero-order valence-electron chi connectivity index (χ0n) is 9.15. The van der Waals surface area contributed by atoms with Gasteiger partial charge in [0.25, 0.3) is 0 Å². The monoisotopic (exact) mass is 206 g/mol. The highest BCUT2D eigenvalue weighted by Crippen LogP contribution is 2.36. The quantitative estimate of drug-likeness (QED) is 0.599. The average Bonchev–Trinajstić information content (AvgIpc) is 2.31. The molecule has 1 heteroatoms. The van der Waals surface area contributed by atoms with Gasteiger partial charge in [0.15, 0.2) is 0 Å². The van der Waals surface area contributed by atoms with E-state index in [0.717, 1.165) is 0 Å². The minimum atomic E-state index is 1.25. The smallest absolute Gasteiger partial charge is 0.00948 e. The van der Waals surface area contributed by atoms with Crippen molar-refractivity contribution in [2.45, 2.75) is 46.0 Å². The van der Waals surface area contributed by atoms with E-state index in [0.29, 0.717) is 0 Å². The molecule has 0 N–H and O–H groups in total. The van der Waals surface area contributed by atoms with Crippen molar-refractivity contribution < 1.29 is 0 Å². The van der Waals surface area contributed by atoms with Gasteiger partial charge in [-0.1, -0.05) is 13.0 Å². The van der Waals surface area contributed by atoms with Crippen LogP contribution in [0.5, 0.6) is 0 Å². The summed E-state index contributed by atoms with van der Waals surface area (Å²) >= 11 is 2.00. The predicted octanol–water partition coefficient (Wildman–Crippen LogP) is 4.36. The normalized spacial score (nSPS) is 16.1. The zero-order chi connectivity index (χ0) is 10.1. The van der Waals surface area contributed by atoms with Gasteiger partial charge in [-0.25, -0.2) is 0 Å². The Labute approximate surface area is 90.7 Å². The molecular formula is C13H18S. The van der Waals surface area contributed by atoms with Crippen LogP contribution in [0.15, 0.2) is 6.58 Å². The van der Waals surface area contributed by atoms with Crippen LogP contribution in [-0.2, 0) is 12.8 Å². The van der Waals surface area contributed by atoms with Crippen LogP contribution in [0.3, 0.4) is 0 Å². The number of allylic oxidation sites excluding steroid dienone is 1. The van der Waals surface area contributed by atoms with E-state index < -0.39 is 0 Å². The summed E-state index contributed by atoms with van der Waals surface area (Å²) in [5, 5.41) is 0. The molecule has 0 radical (unpaired) electrons. The van der Waals surface area contributed by atoms with Crippen molar-refractivity contribution in [3.8, 4) is 0 Å². The molecule has 0 saturated heterocycles. The summed E-state index contributed by atoms with van der Waals surface area (Å²) in [6.45, 7) is 8.48. The van der Waals surface area contributed by atoms with E-state index in [1.54, 1.807) is 10.4 Å². The summed E-state index contributed by atoms with van der Waals surface area (Å²) in [5.74, 6) is 0. The van der Waals surface area contributed by atoms with Crippen LogP contribution >= 0.6 is 11.3 Å². The van der Waals surface area contributed by atoms with Gasteiger partial charge in [0.1, 0.15) is 0 Å². The maximum Gasteiger partial charge on any atom is 0.00948 e. The molecule has 2 rings (SSSR count). The number of thiophene rings is 1. The Kier molecular flexibility index (Phi) is 2.78. The lowest BCUT2D eigenvalue weighted by atomic mass is 10.00. The first-order valence-electron chi connectivity index (χ1n) is 5.47. The molecule has 0 aromatic carbocycles. The molecule has 0 saturated carbocycles. The summed E-state index contributed by atoms with van der Waals surface area (Å²) in [4.78, 5) is 3.11. The third kappa shape index (κ3) is 1.66. The van der Waals surface area contributed by atoms with E-state index >= 15 is 0 Å². The van der Waals surface area contributed by atoms with Crippen molar-refractivity contribution in [2.75, 3.05) is 0 Å². The van der Waals surface area contributed by atoms with Crippen LogP contribution in [0, 0.1) is 6.92 Å². The van der Waals surface area contributed by atoms with Crippen molar-refractivity contribution in [1.82, 2.24) is 0 Å². The molecule has 0 amide bonds. The lowest BCUT2D eigenvalue weighted by molar-refractivity contribution is 0.712. The summed E-state index contributed by atoms with van der Waals surface area (Å²) in [6.07, 6.45) is 6.72. The van der Waals surface area contributed by atoms with Gasteiger partial charge in [0, 0.05) is 9.75 Å². The number of rotatable bonds is 1. The van der Waals surface area contributed by atoms with E-state index in [4.69, 9.17) is 0 Å². The SMILES string of the molecule is C=C(C)c1c(C)sc2c1CCCCC2. The topological polar surface area (TPSA) is 0 Å². The van der Waals surface area contributed by atoms with E-state index in [2.05, 4.69) is 20.4 Å². The second-order valence-corrected chi connectivity index (χ2v) is 5.59.